The molecule has 0 saturated heterocycles. The first-order valence-corrected chi connectivity index (χ1v) is 9.74. The van der Waals surface area contributed by atoms with Crippen LogP contribution < -0.4 is 0 Å². The van der Waals surface area contributed by atoms with Crippen molar-refractivity contribution in [1.82, 2.24) is 14.7 Å². The first kappa shape index (κ1) is 18.9. The van der Waals surface area contributed by atoms with Crippen LogP contribution in [0.5, 0.6) is 0 Å². The number of benzene rings is 1. The van der Waals surface area contributed by atoms with Crippen LogP contribution in [0, 0.1) is 6.92 Å². The van der Waals surface area contributed by atoms with Crippen LogP contribution in [0.25, 0.3) is 0 Å². The van der Waals surface area contributed by atoms with Gasteiger partial charge in [-0.15, -0.1) is 0 Å². The molecule has 134 valence electrons. The fourth-order valence-electron chi connectivity index (χ4n) is 2.76. The number of amides is 1. The topological polar surface area (TPSA) is 72.3 Å². The molecule has 1 aromatic heterocycles. The van der Waals surface area contributed by atoms with Crippen molar-refractivity contribution in [1.29, 1.82) is 0 Å². The first-order valence-electron chi connectivity index (χ1n) is 7.85. The van der Waals surface area contributed by atoms with Crippen LogP contribution in [0.1, 0.15) is 29.8 Å². The van der Waals surface area contributed by atoms with E-state index in [0.717, 1.165) is 16.8 Å². The number of carbonyl (C=O) groups excluding carboxylic acids is 1. The van der Waals surface area contributed by atoms with Crippen molar-refractivity contribution in [3.63, 3.8) is 0 Å². The Hall–Kier alpha value is -2.41. The Balaban J connectivity index is 2.31. The maximum Gasteiger partial charge on any atom is 0.246 e. The maximum atomic E-state index is 12.4. The van der Waals surface area contributed by atoms with Crippen molar-refractivity contribution in [2.75, 3.05) is 6.26 Å². The monoisotopic (exact) mass is 361 g/mol. The van der Waals surface area contributed by atoms with Gasteiger partial charge in [-0.05, 0) is 37.6 Å². The molecular formula is C18H23N3O3S. The Bertz CT molecular complexity index is 883. The average Bonchev–Trinajstić information content (AvgIpc) is 2.89. The lowest BCUT2D eigenvalue weighted by Crippen LogP contribution is -2.32. The van der Waals surface area contributed by atoms with Gasteiger partial charge in [-0.3, -0.25) is 9.48 Å². The summed E-state index contributed by atoms with van der Waals surface area (Å²) in [6.45, 7) is 7.78. The summed E-state index contributed by atoms with van der Waals surface area (Å²) in [6.07, 6.45) is 4.35. The number of nitrogens with zero attached hydrogens (tertiary/aromatic N) is 3. The van der Waals surface area contributed by atoms with Gasteiger partial charge in [-0.2, -0.15) is 5.10 Å². The van der Waals surface area contributed by atoms with Crippen LogP contribution in [0.3, 0.4) is 0 Å². The number of aryl methyl sites for hydroxylation is 2. The van der Waals surface area contributed by atoms with Crippen LogP contribution in [0.4, 0.5) is 0 Å². The number of hydrogen-bond donors (Lipinski definition) is 0. The molecule has 2 aromatic rings. The fraction of sp³-hybridized carbons (Fsp3) is 0.333. The molecule has 1 aromatic carbocycles. The third-order valence-corrected chi connectivity index (χ3v) is 5.26. The van der Waals surface area contributed by atoms with E-state index in [4.69, 9.17) is 0 Å². The van der Waals surface area contributed by atoms with Gasteiger partial charge in [-0.25, -0.2) is 8.42 Å². The minimum atomic E-state index is -3.24. The SMILES string of the molecule is C=CC(=O)N(Cc1ccc(S(C)(=O)=O)cc1)C(C)c1cn(C)nc1C. The van der Waals surface area contributed by atoms with Crippen molar-refractivity contribution < 1.29 is 13.2 Å². The molecule has 1 heterocycles. The molecule has 1 atom stereocenters. The van der Waals surface area contributed by atoms with Crippen molar-refractivity contribution in [3.05, 3.63) is 59.9 Å². The standard InChI is InChI=1S/C18H23N3O3S/c1-6-18(22)21(14(3)17-12-20(4)19-13(17)2)11-15-7-9-16(10-8-15)25(5,23)24/h6-10,12,14H,1,11H2,2-5H3. The molecule has 0 aliphatic rings. The summed E-state index contributed by atoms with van der Waals surface area (Å²) in [7, 11) is -1.40. The van der Waals surface area contributed by atoms with Gasteiger partial charge in [0.1, 0.15) is 0 Å². The van der Waals surface area contributed by atoms with Crippen LogP contribution >= 0.6 is 0 Å². The Morgan fingerprint density at radius 3 is 2.40 bits per heavy atom. The highest BCUT2D eigenvalue weighted by molar-refractivity contribution is 7.90. The summed E-state index contributed by atoms with van der Waals surface area (Å²) in [5.74, 6) is -0.192. The molecular weight excluding hydrogens is 338 g/mol. The van der Waals surface area contributed by atoms with E-state index >= 15 is 0 Å². The Morgan fingerprint density at radius 2 is 1.96 bits per heavy atom. The van der Waals surface area contributed by atoms with Crippen molar-refractivity contribution in [2.45, 2.75) is 31.3 Å². The molecule has 25 heavy (non-hydrogen) atoms. The normalized spacial score (nSPS) is 12.6. The zero-order valence-corrected chi connectivity index (χ0v) is 15.7. The second-order valence-corrected chi connectivity index (χ2v) is 8.12. The highest BCUT2D eigenvalue weighted by Gasteiger charge is 2.23. The summed E-state index contributed by atoms with van der Waals surface area (Å²) >= 11 is 0. The van der Waals surface area contributed by atoms with E-state index in [-0.39, 0.29) is 16.8 Å². The van der Waals surface area contributed by atoms with Gasteiger partial charge in [-0.1, -0.05) is 18.7 Å². The van der Waals surface area contributed by atoms with Crippen molar-refractivity contribution >= 4 is 15.7 Å². The number of sulfone groups is 1. The van der Waals surface area contributed by atoms with Gasteiger partial charge >= 0.3 is 0 Å². The Kier molecular flexibility index (Phi) is 5.47. The molecule has 2 rings (SSSR count). The molecule has 6 nitrogen and oxygen atoms in total. The quantitative estimate of drug-likeness (QED) is 0.741. The molecule has 0 saturated carbocycles. The molecule has 1 unspecified atom stereocenters. The predicted octanol–water partition coefficient (Wildman–Crippen LogP) is 2.41. The van der Waals surface area contributed by atoms with E-state index in [2.05, 4.69) is 11.7 Å². The molecule has 0 spiro atoms. The molecule has 7 heteroatoms. The van der Waals surface area contributed by atoms with Gasteiger partial charge in [0.25, 0.3) is 0 Å². The summed E-state index contributed by atoms with van der Waals surface area (Å²) < 4.78 is 24.9. The third kappa shape index (κ3) is 4.36. The smallest absolute Gasteiger partial charge is 0.246 e. The lowest BCUT2D eigenvalue weighted by atomic mass is 10.1. The zero-order chi connectivity index (χ0) is 18.8. The second-order valence-electron chi connectivity index (χ2n) is 6.11. The first-order chi connectivity index (χ1) is 11.6. The van der Waals surface area contributed by atoms with Gasteiger partial charge < -0.3 is 4.90 Å². The van der Waals surface area contributed by atoms with Gasteiger partial charge in [0.2, 0.25) is 5.91 Å². The summed E-state index contributed by atoms with van der Waals surface area (Å²) in [5.41, 5.74) is 2.67. The Labute approximate surface area is 148 Å². The lowest BCUT2D eigenvalue weighted by molar-refractivity contribution is -0.128. The van der Waals surface area contributed by atoms with Crippen molar-refractivity contribution in [3.8, 4) is 0 Å². The van der Waals surface area contributed by atoms with Gasteiger partial charge in [0.05, 0.1) is 16.6 Å². The summed E-state index contributed by atoms with van der Waals surface area (Å²) in [6, 6.07) is 6.38. The minimum absolute atomic E-state index is 0.186. The molecule has 0 radical (unpaired) electrons. The third-order valence-electron chi connectivity index (χ3n) is 4.13. The largest absolute Gasteiger partial charge is 0.328 e. The molecule has 1 amide bonds. The van der Waals surface area contributed by atoms with E-state index in [0.29, 0.717) is 6.54 Å². The number of rotatable bonds is 6. The van der Waals surface area contributed by atoms with Crippen LogP contribution in [-0.2, 0) is 28.2 Å². The van der Waals surface area contributed by atoms with Gasteiger partial charge in [0.15, 0.2) is 9.84 Å². The van der Waals surface area contributed by atoms with E-state index < -0.39 is 9.84 Å². The lowest BCUT2D eigenvalue weighted by Gasteiger charge is -2.28. The zero-order valence-electron chi connectivity index (χ0n) is 14.9. The average molecular weight is 361 g/mol. The van der Waals surface area contributed by atoms with Crippen LogP contribution in [0.15, 0.2) is 48.0 Å². The van der Waals surface area contributed by atoms with Crippen LogP contribution in [-0.4, -0.2) is 35.3 Å². The molecule has 0 N–H and O–H groups in total. The second kappa shape index (κ2) is 7.23. The predicted molar refractivity (Wildman–Crippen MR) is 96.7 cm³/mol. The van der Waals surface area contributed by atoms with E-state index in [1.807, 2.05) is 27.1 Å². The number of hydrogen-bond acceptors (Lipinski definition) is 4. The molecule has 0 aliphatic carbocycles. The molecule has 0 bridgehead atoms. The summed E-state index contributed by atoms with van der Waals surface area (Å²) in [5, 5.41) is 4.33. The summed E-state index contributed by atoms with van der Waals surface area (Å²) in [4.78, 5) is 14.3. The highest BCUT2D eigenvalue weighted by Crippen LogP contribution is 2.25. The Morgan fingerprint density at radius 1 is 1.36 bits per heavy atom. The van der Waals surface area contributed by atoms with E-state index in [1.54, 1.807) is 33.8 Å². The maximum absolute atomic E-state index is 12.4. The molecule has 0 fully saturated rings. The van der Waals surface area contributed by atoms with E-state index in [1.165, 1.54) is 12.3 Å². The van der Waals surface area contributed by atoms with Crippen molar-refractivity contribution in [2.24, 2.45) is 7.05 Å². The van der Waals surface area contributed by atoms with Crippen LogP contribution in [0.2, 0.25) is 0 Å². The van der Waals surface area contributed by atoms with Gasteiger partial charge in [0, 0.05) is 31.6 Å². The fourth-order valence-corrected chi connectivity index (χ4v) is 3.39. The molecule has 0 aliphatic heterocycles. The highest BCUT2D eigenvalue weighted by atomic mass is 32.2. The number of carbonyl (C=O) groups is 1. The van der Waals surface area contributed by atoms with E-state index in [9.17, 15) is 13.2 Å². The minimum Gasteiger partial charge on any atom is -0.328 e. The number of aromatic nitrogens is 2.